The molecule has 2 aromatic carbocycles. The quantitative estimate of drug-likeness (QED) is 0.315. The molecule has 9 heteroatoms. The second-order valence-corrected chi connectivity index (χ2v) is 8.86. The molecule has 1 saturated heterocycles. The van der Waals surface area contributed by atoms with Crippen LogP contribution in [0.4, 0.5) is 16.2 Å². The van der Waals surface area contributed by atoms with Gasteiger partial charge in [0.1, 0.15) is 0 Å². The van der Waals surface area contributed by atoms with Crippen molar-refractivity contribution in [2.24, 2.45) is 10.9 Å². The maximum atomic E-state index is 13.1. The Morgan fingerprint density at radius 3 is 2.68 bits per heavy atom. The van der Waals surface area contributed by atoms with Gasteiger partial charge in [-0.15, -0.1) is 4.99 Å². The molecular weight excluding hydrogens is 450 g/mol. The van der Waals surface area contributed by atoms with Gasteiger partial charge in [-0.1, -0.05) is 31.5 Å². The minimum absolute atomic E-state index is 0.0686. The number of fused-ring (bicyclic) bond motifs is 1. The molecule has 34 heavy (non-hydrogen) atoms. The Morgan fingerprint density at radius 1 is 1.15 bits per heavy atom. The lowest BCUT2D eigenvalue weighted by atomic mass is 10.00. The van der Waals surface area contributed by atoms with Gasteiger partial charge in [0.25, 0.3) is 0 Å². The van der Waals surface area contributed by atoms with E-state index in [-0.39, 0.29) is 18.0 Å². The van der Waals surface area contributed by atoms with Crippen LogP contribution in [0.15, 0.2) is 65.8 Å². The number of carbonyl (C=O) groups excluding carboxylic acids is 1. The summed E-state index contributed by atoms with van der Waals surface area (Å²) in [5.41, 5.74) is 2.37. The number of nitrogens with one attached hydrogen (secondary N) is 2. The fraction of sp³-hybridized carbons (Fsp3) is 0.280. The van der Waals surface area contributed by atoms with Gasteiger partial charge in [0, 0.05) is 41.9 Å². The summed E-state index contributed by atoms with van der Waals surface area (Å²) in [4.78, 5) is 25.4. The number of piperazine rings is 1. The average molecular weight is 476 g/mol. The van der Waals surface area contributed by atoms with Crippen molar-refractivity contribution >= 4 is 45.9 Å². The van der Waals surface area contributed by atoms with E-state index in [1.165, 1.54) is 0 Å². The molecule has 0 aliphatic carbocycles. The fourth-order valence-electron chi connectivity index (χ4n) is 4.11. The van der Waals surface area contributed by atoms with E-state index in [9.17, 15) is 10.1 Å². The van der Waals surface area contributed by atoms with Crippen molar-refractivity contribution in [2.75, 3.05) is 30.3 Å². The van der Waals surface area contributed by atoms with Crippen molar-refractivity contribution in [1.29, 1.82) is 5.26 Å². The van der Waals surface area contributed by atoms with E-state index >= 15 is 0 Å². The minimum atomic E-state index is -0.160. The van der Waals surface area contributed by atoms with E-state index < -0.39 is 0 Å². The van der Waals surface area contributed by atoms with Crippen molar-refractivity contribution in [3.05, 3.63) is 65.8 Å². The van der Waals surface area contributed by atoms with Crippen LogP contribution in [0, 0.1) is 17.4 Å². The lowest BCUT2D eigenvalue weighted by molar-refractivity contribution is 0.111. The molecule has 174 valence electrons. The number of pyridine rings is 1. The molecule has 1 atom stereocenters. The predicted molar refractivity (Wildman–Crippen MR) is 136 cm³/mol. The van der Waals surface area contributed by atoms with Crippen molar-refractivity contribution < 1.29 is 4.79 Å². The summed E-state index contributed by atoms with van der Waals surface area (Å²) in [5, 5.41) is 17.2. The van der Waals surface area contributed by atoms with Gasteiger partial charge in [0.05, 0.1) is 17.2 Å². The summed E-state index contributed by atoms with van der Waals surface area (Å²) in [7, 11) is 0. The van der Waals surface area contributed by atoms with E-state index in [0.717, 1.165) is 16.6 Å². The Morgan fingerprint density at radius 2 is 1.94 bits per heavy atom. The highest BCUT2D eigenvalue weighted by atomic mass is 35.5. The molecule has 1 unspecified atom stereocenters. The number of aliphatic imine (C=N–C) groups is 1. The largest absolute Gasteiger partial charge is 0.338 e. The zero-order chi connectivity index (χ0) is 24.1. The number of hydrogen-bond donors (Lipinski definition) is 2. The van der Waals surface area contributed by atoms with Gasteiger partial charge in [0.2, 0.25) is 12.2 Å². The number of nitrogens with zero attached hydrogens (tertiary/aromatic N) is 5. The van der Waals surface area contributed by atoms with E-state index in [1.54, 1.807) is 30.5 Å². The van der Waals surface area contributed by atoms with Gasteiger partial charge in [-0.05, 0) is 54.4 Å². The molecule has 3 aromatic rings. The normalized spacial score (nSPS) is 16.4. The second kappa shape index (κ2) is 10.4. The SMILES string of the molecule is CC(C)C1CN(/C(=N\C#N)Nc2cccc3ncccc23)CCN1C(=O)Nc1ccc(Cl)cc1. The number of hydrogen-bond acceptors (Lipinski definition) is 4. The predicted octanol–water partition coefficient (Wildman–Crippen LogP) is 5.01. The highest BCUT2D eigenvalue weighted by Gasteiger charge is 2.34. The zero-order valence-corrected chi connectivity index (χ0v) is 19.8. The first-order valence-corrected chi connectivity index (χ1v) is 11.5. The molecule has 0 radical (unpaired) electrons. The first-order chi connectivity index (χ1) is 16.5. The van der Waals surface area contributed by atoms with Crippen LogP contribution in [-0.4, -0.2) is 52.5 Å². The van der Waals surface area contributed by atoms with E-state index in [2.05, 4.69) is 34.5 Å². The van der Waals surface area contributed by atoms with E-state index in [1.807, 2.05) is 46.3 Å². The van der Waals surface area contributed by atoms with Crippen LogP contribution in [0.2, 0.25) is 5.02 Å². The number of halogens is 1. The van der Waals surface area contributed by atoms with Crippen LogP contribution in [0.25, 0.3) is 10.9 Å². The molecule has 4 rings (SSSR count). The molecule has 1 aliphatic rings. The molecular formula is C25H26ClN7O. The maximum Gasteiger partial charge on any atom is 0.322 e. The van der Waals surface area contributed by atoms with Crippen LogP contribution < -0.4 is 10.6 Å². The summed E-state index contributed by atoms with van der Waals surface area (Å²) in [6.45, 7) is 5.74. The van der Waals surface area contributed by atoms with Crippen LogP contribution in [0.3, 0.4) is 0 Å². The molecule has 0 spiro atoms. The Kier molecular flexibility index (Phi) is 7.14. The number of nitriles is 1. The number of anilines is 2. The summed E-state index contributed by atoms with van der Waals surface area (Å²) in [6.07, 6.45) is 3.66. The summed E-state index contributed by atoms with van der Waals surface area (Å²) >= 11 is 5.95. The highest BCUT2D eigenvalue weighted by Crippen LogP contribution is 2.24. The van der Waals surface area contributed by atoms with Gasteiger partial charge in [-0.3, -0.25) is 4.98 Å². The molecule has 2 heterocycles. The average Bonchev–Trinajstić information content (AvgIpc) is 2.85. The fourth-order valence-corrected chi connectivity index (χ4v) is 4.24. The molecule has 1 aliphatic heterocycles. The van der Waals surface area contributed by atoms with Gasteiger partial charge >= 0.3 is 6.03 Å². The van der Waals surface area contributed by atoms with Gasteiger partial charge in [-0.2, -0.15) is 5.26 Å². The molecule has 8 nitrogen and oxygen atoms in total. The Labute approximate surface area is 203 Å². The van der Waals surface area contributed by atoms with Crippen LogP contribution >= 0.6 is 11.6 Å². The number of urea groups is 1. The number of amides is 2. The zero-order valence-electron chi connectivity index (χ0n) is 19.1. The van der Waals surface area contributed by atoms with E-state index in [0.29, 0.717) is 36.3 Å². The Hall–Kier alpha value is -3.83. The topological polar surface area (TPSA) is 96.7 Å². The van der Waals surface area contributed by atoms with Crippen LogP contribution in [0.1, 0.15) is 13.8 Å². The molecule has 0 saturated carbocycles. The highest BCUT2D eigenvalue weighted by molar-refractivity contribution is 6.30. The third kappa shape index (κ3) is 5.21. The molecule has 0 bridgehead atoms. The van der Waals surface area contributed by atoms with Gasteiger partial charge in [0.15, 0.2) is 0 Å². The second-order valence-electron chi connectivity index (χ2n) is 8.42. The third-order valence-corrected chi connectivity index (χ3v) is 6.14. The monoisotopic (exact) mass is 475 g/mol. The smallest absolute Gasteiger partial charge is 0.322 e. The number of aromatic nitrogens is 1. The first kappa shape index (κ1) is 23.3. The van der Waals surface area contributed by atoms with E-state index in [4.69, 9.17) is 11.6 Å². The Bertz CT molecular complexity index is 1230. The molecule has 1 aromatic heterocycles. The van der Waals surface area contributed by atoms with Gasteiger partial charge < -0.3 is 20.4 Å². The number of carbonyl (C=O) groups is 1. The van der Waals surface area contributed by atoms with Crippen molar-refractivity contribution in [3.63, 3.8) is 0 Å². The number of rotatable bonds is 3. The first-order valence-electron chi connectivity index (χ1n) is 11.1. The summed E-state index contributed by atoms with van der Waals surface area (Å²) in [5.74, 6) is 0.658. The van der Waals surface area contributed by atoms with Crippen LogP contribution in [-0.2, 0) is 0 Å². The van der Waals surface area contributed by atoms with Crippen molar-refractivity contribution in [3.8, 4) is 6.19 Å². The number of benzene rings is 2. The summed E-state index contributed by atoms with van der Waals surface area (Å²) in [6, 6.07) is 16.5. The van der Waals surface area contributed by atoms with Gasteiger partial charge in [-0.25, -0.2) is 4.79 Å². The van der Waals surface area contributed by atoms with Crippen molar-refractivity contribution in [1.82, 2.24) is 14.8 Å². The summed E-state index contributed by atoms with van der Waals surface area (Å²) < 4.78 is 0. The molecule has 2 N–H and O–H groups in total. The molecule has 2 amide bonds. The minimum Gasteiger partial charge on any atom is -0.338 e. The third-order valence-electron chi connectivity index (χ3n) is 5.89. The Balaban J connectivity index is 1.52. The lowest BCUT2D eigenvalue weighted by Crippen LogP contribution is -2.60. The number of guanidine groups is 1. The standard InChI is InChI=1S/C25H26ClN7O/c1-17(2)23-15-32(13-14-33(23)25(34)30-19-10-8-18(26)9-11-19)24(29-16-27)31-22-7-3-6-21-20(22)5-4-12-28-21/h3-12,17,23H,13-15H2,1-2H3,(H,29,31)(H,30,34). The molecule has 1 fully saturated rings. The van der Waals surface area contributed by atoms with Crippen molar-refractivity contribution in [2.45, 2.75) is 19.9 Å². The lowest BCUT2D eigenvalue weighted by Gasteiger charge is -2.44. The maximum absolute atomic E-state index is 13.1. The van der Waals surface area contributed by atoms with Crippen LogP contribution in [0.5, 0.6) is 0 Å².